The highest BCUT2D eigenvalue weighted by atomic mass is 35.5. The van der Waals surface area contributed by atoms with Gasteiger partial charge in [0.2, 0.25) is 0 Å². The van der Waals surface area contributed by atoms with Crippen LogP contribution in [0.2, 0.25) is 5.02 Å². The highest BCUT2D eigenvalue weighted by Gasteiger charge is 2.45. The van der Waals surface area contributed by atoms with E-state index in [1.807, 2.05) is 48.5 Å². The molecule has 0 aromatic heterocycles. The number of urea groups is 1. The van der Waals surface area contributed by atoms with Gasteiger partial charge in [-0.3, -0.25) is 0 Å². The van der Waals surface area contributed by atoms with Gasteiger partial charge < -0.3 is 20.3 Å². The number of para-hydroxylation sites is 2. The number of morpholine rings is 1. The maximum Gasteiger partial charge on any atom is 0.319 e. The van der Waals surface area contributed by atoms with Crippen molar-refractivity contribution >= 4 is 29.0 Å². The van der Waals surface area contributed by atoms with Crippen molar-refractivity contribution in [3.05, 3.63) is 59.1 Å². The SMILES string of the molecule is O=C(Nc1ccccc1N1CCOCC1)NC1(c2ccc(Cl)cc2)CC1. The molecule has 0 radical (unpaired) electrons. The van der Waals surface area contributed by atoms with Gasteiger partial charge in [-0.15, -0.1) is 0 Å². The fourth-order valence-corrected chi connectivity index (χ4v) is 3.54. The van der Waals surface area contributed by atoms with E-state index in [9.17, 15) is 4.79 Å². The third-order valence-corrected chi connectivity index (χ3v) is 5.26. The van der Waals surface area contributed by atoms with Crippen molar-refractivity contribution in [2.75, 3.05) is 36.5 Å². The molecule has 1 aliphatic heterocycles. The second kappa shape index (κ2) is 7.17. The van der Waals surface area contributed by atoms with Crippen LogP contribution in [0.25, 0.3) is 0 Å². The zero-order chi connectivity index (χ0) is 18.0. The Labute approximate surface area is 158 Å². The summed E-state index contributed by atoms with van der Waals surface area (Å²) in [6, 6.07) is 15.4. The summed E-state index contributed by atoms with van der Waals surface area (Å²) in [4.78, 5) is 14.9. The zero-order valence-electron chi connectivity index (χ0n) is 14.5. The highest BCUT2D eigenvalue weighted by molar-refractivity contribution is 6.30. The Balaban J connectivity index is 1.46. The molecule has 2 N–H and O–H groups in total. The smallest absolute Gasteiger partial charge is 0.319 e. The molecule has 2 aromatic rings. The number of halogens is 1. The van der Waals surface area contributed by atoms with Crippen molar-refractivity contribution in [3.63, 3.8) is 0 Å². The van der Waals surface area contributed by atoms with Gasteiger partial charge in [0.1, 0.15) is 0 Å². The second-order valence-corrected chi connectivity index (χ2v) is 7.22. The number of carbonyl (C=O) groups excluding carboxylic acids is 1. The Morgan fingerprint density at radius 3 is 2.42 bits per heavy atom. The van der Waals surface area contributed by atoms with Crippen LogP contribution >= 0.6 is 11.6 Å². The predicted molar refractivity (Wildman–Crippen MR) is 104 cm³/mol. The van der Waals surface area contributed by atoms with E-state index < -0.39 is 0 Å². The number of amides is 2. The van der Waals surface area contributed by atoms with Crippen LogP contribution in [-0.4, -0.2) is 32.3 Å². The van der Waals surface area contributed by atoms with Crippen LogP contribution in [-0.2, 0) is 10.3 Å². The molecule has 136 valence electrons. The van der Waals surface area contributed by atoms with E-state index in [0.29, 0.717) is 18.2 Å². The molecule has 0 spiro atoms. The number of ether oxygens (including phenoxy) is 1. The Hall–Kier alpha value is -2.24. The molecule has 1 heterocycles. The summed E-state index contributed by atoms with van der Waals surface area (Å²) in [7, 11) is 0. The second-order valence-electron chi connectivity index (χ2n) is 6.78. The van der Waals surface area contributed by atoms with Crippen LogP contribution in [0.1, 0.15) is 18.4 Å². The summed E-state index contributed by atoms with van der Waals surface area (Å²) < 4.78 is 5.42. The average Bonchev–Trinajstić information content (AvgIpc) is 3.44. The summed E-state index contributed by atoms with van der Waals surface area (Å²) in [5, 5.41) is 6.87. The monoisotopic (exact) mass is 371 g/mol. The van der Waals surface area contributed by atoms with Crippen molar-refractivity contribution in [2.45, 2.75) is 18.4 Å². The molecule has 5 nitrogen and oxygen atoms in total. The minimum atomic E-state index is -0.275. The standard InChI is InChI=1S/C20H22ClN3O2/c21-16-7-5-15(6-8-16)20(9-10-20)23-19(25)22-17-3-1-2-4-18(17)24-11-13-26-14-12-24/h1-8H,9-14H2,(H2,22,23,25). The summed E-state index contributed by atoms with van der Waals surface area (Å²) in [6.45, 7) is 3.07. The van der Waals surface area contributed by atoms with Gasteiger partial charge >= 0.3 is 6.03 Å². The van der Waals surface area contributed by atoms with Crippen LogP contribution in [0.4, 0.5) is 16.2 Å². The first-order chi connectivity index (χ1) is 12.7. The lowest BCUT2D eigenvalue weighted by Gasteiger charge is -2.30. The molecule has 0 unspecified atom stereocenters. The van der Waals surface area contributed by atoms with Gasteiger partial charge in [0.25, 0.3) is 0 Å². The van der Waals surface area contributed by atoms with Gasteiger partial charge in [-0.1, -0.05) is 35.9 Å². The first-order valence-electron chi connectivity index (χ1n) is 8.93. The van der Waals surface area contributed by atoms with E-state index in [1.54, 1.807) is 0 Å². The Bertz CT molecular complexity index is 784. The number of rotatable bonds is 4. The Morgan fingerprint density at radius 2 is 1.73 bits per heavy atom. The van der Waals surface area contributed by atoms with Crippen LogP contribution in [0.5, 0.6) is 0 Å². The van der Waals surface area contributed by atoms with Crippen molar-refractivity contribution in [3.8, 4) is 0 Å². The van der Waals surface area contributed by atoms with Crippen molar-refractivity contribution in [2.24, 2.45) is 0 Å². The van der Waals surface area contributed by atoms with Gasteiger partial charge in [-0.25, -0.2) is 4.79 Å². The lowest BCUT2D eigenvalue weighted by Crippen LogP contribution is -2.39. The molecule has 0 atom stereocenters. The molecule has 2 amide bonds. The van der Waals surface area contributed by atoms with E-state index >= 15 is 0 Å². The van der Waals surface area contributed by atoms with Crippen molar-refractivity contribution in [1.82, 2.24) is 5.32 Å². The number of benzene rings is 2. The number of nitrogens with one attached hydrogen (secondary N) is 2. The third kappa shape index (κ3) is 3.64. The highest BCUT2D eigenvalue weighted by Crippen LogP contribution is 2.45. The molecule has 2 aromatic carbocycles. The van der Waals surface area contributed by atoms with E-state index in [1.165, 1.54) is 0 Å². The van der Waals surface area contributed by atoms with Crippen LogP contribution < -0.4 is 15.5 Å². The first-order valence-corrected chi connectivity index (χ1v) is 9.31. The molecule has 6 heteroatoms. The van der Waals surface area contributed by atoms with Crippen molar-refractivity contribution < 1.29 is 9.53 Å². The molecule has 2 fully saturated rings. The topological polar surface area (TPSA) is 53.6 Å². The molecule has 4 rings (SSSR count). The summed E-state index contributed by atoms with van der Waals surface area (Å²) in [5.41, 5.74) is 2.67. The Kier molecular flexibility index (Phi) is 4.74. The van der Waals surface area contributed by atoms with E-state index in [4.69, 9.17) is 16.3 Å². The molecule has 1 saturated heterocycles. The fourth-order valence-electron chi connectivity index (χ4n) is 3.41. The van der Waals surface area contributed by atoms with E-state index in [2.05, 4.69) is 15.5 Å². The molecule has 1 saturated carbocycles. The first kappa shape index (κ1) is 17.2. The van der Waals surface area contributed by atoms with Crippen LogP contribution in [0.3, 0.4) is 0 Å². The molecular weight excluding hydrogens is 350 g/mol. The normalized spacial score (nSPS) is 18.3. The summed E-state index contributed by atoms with van der Waals surface area (Å²) >= 11 is 5.97. The lowest BCUT2D eigenvalue weighted by molar-refractivity contribution is 0.123. The number of carbonyl (C=O) groups is 1. The van der Waals surface area contributed by atoms with Gasteiger partial charge in [-0.2, -0.15) is 0 Å². The van der Waals surface area contributed by atoms with E-state index in [0.717, 1.165) is 42.9 Å². The van der Waals surface area contributed by atoms with Gasteiger partial charge in [0, 0.05) is 18.1 Å². The van der Waals surface area contributed by atoms with E-state index in [-0.39, 0.29) is 11.6 Å². The molecule has 2 aliphatic rings. The van der Waals surface area contributed by atoms with Crippen LogP contribution in [0, 0.1) is 0 Å². The summed E-state index contributed by atoms with van der Waals surface area (Å²) in [5.74, 6) is 0. The molecule has 1 aliphatic carbocycles. The third-order valence-electron chi connectivity index (χ3n) is 5.00. The Morgan fingerprint density at radius 1 is 1.04 bits per heavy atom. The maximum absolute atomic E-state index is 12.7. The number of anilines is 2. The largest absolute Gasteiger partial charge is 0.378 e. The maximum atomic E-state index is 12.7. The predicted octanol–water partition coefficient (Wildman–Crippen LogP) is 3.99. The molecular formula is C20H22ClN3O2. The average molecular weight is 372 g/mol. The molecule has 26 heavy (non-hydrogen) atoms. The quantitative estimate of drug-likeness (QED) is 0.854. The minimum Gasteiger partial charge on any atom is -0.378 e. The van der Waals surface area contributed by atoms with Gasteiger partial charge in [-0.05, 0) is 42.7 Å². The number of hydrogen-bond donors (Lipinski definition) is 2. The fraction of sp³-hybridized carbons (Fsp3) is 0.350. The number of nitrogens with zero attached hydrogens (tertiary/aromatic N) is 1. The van der Waals surface area contributed by atoms with Crippen LogP contribution in [0.15, 0.2) is 48.5 Å². The lowest BCUT2D eigenvalue weighted by atomic mass is 10.1. The van der Waals surface area contributed by atoms with Gasteiger partial charge in [0.15, 0.2) is 0 Å². The molecule has 0 bridgehead atoms. The van der Waals surface area contributed by atoms with Gasteiger partial charge in [0.05, 0.1) is 30.1 Å². The van der Waals surface area contributed by atoms with Crippen molar-refractivity contribution in [1.29, 1.82) is 0 Å². The number of hydrogen-bond acceptors (Lipinski definition) is 3. The zero-order valence-corrected chi connectivity index (χ0v) is 15.3. The summed E-state index contributed by atoms with van der Waals surface area (Å²) in [6.07, 6.45) is 1.88. The minimum absolute atomic E-state index is 0.182.